The fourth-order valence-corrected chi connectivity index (χ4v) is 5.17. The van der Waals surface area contributed by atoms with Crippen LogP contribution in [-0.4, -0.2) is 117 Å². The molecule has 0 saturated heterocycles. The van der Waals surface area contributed by atoms with Gasteiger partial charge in [0.2, 0.25) is 17.3 Å². The third-order valence-corrected chi connectivity index (χ3v) is 8.02. The van der Waals surface area contributed by atoms with E-state index in [-0.39, 0.29) is 65.1 Å². The van der Waals surface area contributed by atoms with Crippen molar-refractivity contribution >= 4 is 35.7 Å². The van der Waals surface area contributed by atoms with E-state index in [0.717, 1.165) is 51.4 Å². The molecule has 0 saturated carbocycles. The predicted octanol–water partition coefficient (Wildman–Crippen LogP) is 2.72. The summed E-state index contributed by atoms with van der Waals surface area (Å²) in [5.74, 6) is -4.43. The lowest BCUT2D eigenvalue weighted by atomic mass is 9.90. The van der Waals surface area contributed by atoms with Gasteiger partial charge in [0.15, 0.2) is 12.1 Å². The second kappa shape index (κ2) is 32.1. The number of amides is 1. The number of aldehydes is 1. The molecule has 0 radical (unpaired) electrons. The number of carboxylic acid groups (broad SMARTS) is 2. The van der Waals surface area contributed by atoms with Crippen molar-refractivity contribution in [1.29, 1.82) is 0 Å². The van der Waals surface area contributed by atoms with Crippen LogP contribution < -0.4 is 16.8 Å². The monoisotopic (exact) mass is 717 g/mol. The smallest absolute Gasteiger partial charge is 0.326 e. The van der Waals surface area contributed by atoms with E-state index in [4.69, 9.17) is 35.5 Å². The first kappa shape index (κ1) is 47.2. The first-order valence-corrected chi connectivity index (χ1v) is 18.2. The highest BCUT2D eigenvalue weighted by atomic mass is 16.6. The zero-order valence-corrected chi connectivity index (χ0v) is 29.9. The molecule has 50 heavy (non-hydrogen) atoms. The van der Waals surface area contributed by atoms with Crippen LogP contribution in [0.25, 0.3) is 0 Å². The second-order valence-corrected chi connectivity index (χ2v) is 12.2. The number of rotatable bonds is 38. The first-order chi connectivity index (χ1) is 24.1. The normalized spacial score (nSPS) is 13.0. The first-order valence-electron chi connectivity index (χ1n) is 18.2. The van der Waals surface area contributed by atoms with E-state index in [0.29, 0.717) is 19.6 Å². The van der Waals surface area contributed by atoms with Crippen molar-refractivity contribution in [2.45, 2.75) is 127 Å². The minimum Gasteiger partial charge on any atom is -0.481 e. The number of aliphatic carboxylic acids is 2. The average molecular weight is 718 g/mol. The van der Waals surface area contributed by atoms with Gasteiger partial charge >= 0.3 is 11.9 Å². The van der Waals surface area contributed by atoms with Crippen LogP contribution in [-0.2, 0) is 47.7 Å². The molecule has 290 valence electrons. The maximum atomic E-state index is 13.2. The van der Waals surface area contributed by atoms with E-state index in [9.17, 15) is 33.9 Å². The van der Waals surface area contributed by atoms with Crippen molar-refractivity contribution in [2.75, 3.05) is 59.3 Å². The molecule has 0 aliphatic heterocycles. The van der Waals surface area contributed by atoms with Gasteiger partial charge in [-0.2, -0.15) is 0 Å². The standard InChI is InChI=1S/C35H63N3O12/c36-19-21-47-23-24-49-27-31(41)35(28-39,50-26-25-48-22-20-37)30(40)18-17-29(34(45)46)38-32(42)15-13-11-9-7-5-3-1-2-4-6-8-10-12-14-16-33(43)44/h28-29H,1-27,36-37H2,(H,38,42)(H,43,44)(H,45,46)/t29-,35?/m0/s1. The number of carboxylic acids is 2. The third kappa shape index (κ3) is 24.3. The highest BCUT2D eigenvalue weighted by Crippen LogP contribution is 2.18. The molecule has 1 unspecified atom stereocenters. The second-order valence-electron chi connectivity index (χ2n) is 12.2. The Balaban J connectivity index is 4.53. The molecule has 1 amide bonds. The average Bonchev–Trinajstić information content (AvgIpc) is 3.09. The third-order valence-electron chi connectivity index (χ3n) is 8.02. The summed E-state index contributed by atoms with van der Waals surface area (Å²) < 4.78 is 21.1. The quantitative estimate of drug-likeness (QED) is 0.0350. The topological polar surface area (TPSA) is 244 Å². The van der Waals surface area contributed by atoms with E-state index in [1.54, 1.807) is 0 Å². The molecule has 0 aliphatic carbocycles. The summed E-state index contributed by atoms with van der Waals surface area (Å²) in [5, 5.41) is 20.8. The van der Waals surface area contributed by atoms with Gasteiger partial charge in [-0.05, 0) is 19.3 Å². The number of carbonyl (C=O) groups is 6. The van der Waals surface area contributed by atoms with Gasteiger partial charge in [-0.1, -0.05) is 77.0 Å². The Morgan fingerprint density at radius 2 is 1.06 bits per heavy atom. The molecule has 7 N–H and O–H groups in total. The number of nitrogens with two attached hydrogens (primary N) is 2. The molecular weight excluding hydrogens is 654 g/mol. The van der Waals surface area contributed by atoms with E-state index < -0.39 is 54.1 Å². The Bertz CT molecular complexity index is 952. The van der Waals surface area contributed by atoms with Crippen LogP contribution in [0.4, 0.5) is 0 Å². The van der Waals surface area contributed by atoms with Gasteiger partial charge in [-0.25, -0.2) is 4.79 Å². The Hall–Kier alpha value is -2.82. The van der Waals surface area contributed by atoms with Gasteiger partial charge in [0.25, 0.3) is 0 Å². The lowest BCUT2D eigenvalue weighted by Gasteiger charge is -2.26. The predicted molar refractivity (Wildman–Crippen MR) is 186 cm³/mol. The molecule has 0 aromatic carbocycles. The Morgan fingerprint density at radius 1 is 0.600 bits per heavy atom. The number of Topliss-reactive ketones (excluding diaryl/α,β-unsaturated/α-hetero) is 2. The lowest BCUT2D eigenvalue weighted by molar-refractivity contribution is -0.165. The van der Waals surface area contributed by atoms with Crippen molar-refractivity contribution in [1.82, 2.24) is 5.32 Å². The Morgan fingerprint density at radius 3 is 1.52 bits per heavy atom. The van der Waals surface area contributed by atoms with Crippen LogP contribution in [0.1, 0.15) is 116 Å². The van der Waals surface area contributed by atoms with E-state index in [2.05, 4.69) is 5.32 Å². The molecule has 15 nitrogen and oxygen atoms in total. The van der Waals surface area contributed by atoms with Crippen molar-refractivity contribution in [2.24, 2.45) is 11.5 Å². The van der Waals surface area contributed by atoms with Crippen molar-refractivity contribution in [3.05, 3.63) is 0 Å². The van der Waals surface area contributed by atoms with Crippen LogP contribution in [0.5, 0.6) is 0 Å². The van der Waals surface area contributed by atoms with Crippen LogP contribution in [0.2, 0.25) is 0 Å². The molecule has 0 fully saturated rings. The number of hydrogen-bond donors (Lipinski definition) is 5. The van der Waals surface area contributed by atoms with Crippen LogP contribution >= 0.6 is 0 Å². The number of unbranched alkanes of at least 4 members (excludes halogenated alkanes) is 13. The minimum absolute atomic E-state index is 0.00337. The molecule has 0 bridgehead atoms. The van der Waals surface area contributed by atoms with Crippen LogP contribution in [0.15, 0.2) is 0 Å². The summed E-state index contributed by atoms with van der Waals surface area (Å²) in [6.07, 6.45) is 14.2. The SMILES string of the molecule is NCCOCCOCC(=O)C(C=O)(OCCOCCN)C(=O)CC[C@H](NC(=O)CCCCCCCCCCCCCCCCC(=O)O)C(=O)O. The molecule has 0 heterocycles. The van der Waals surface area contributed by atoms with E-state index in [1.165, 1.54) is 32.1 Å². The zero-order chi connectivity index (χ0) is 37.3. The maximum absolute atomic E-state index is 13.2. The summed E-state index contributed by atoms with van der Waals surface area (Å²) in [7, 11) is 0. The van der Waals surface area contributed by atoms with Crippen LogP contribution in [0.3, 0.4) is 0 Å². The number of ether oxygens (including phenoxy) is 4. The molecule has 2 atom stereocenters. The fraction of sp³-hybridized carbons (Fsp3) is 0.829. The summed E-state index contributed by atoms with van der Waals surface area (Å²) in [5.41, 5.74) is 8.20. The fourth-order valence-electron chi connectivity index (χ4n) is 5.17. The zero-order valence-electron chi connectivity index (χ0n) is 29.9. The molecule has 0 aromatic rings. The highest BCUT2D eigenvalue weighted by Gasteiger charge is 2.46. The Kier molecular flexibility index (Phi) is 30.3. The molecule has 15 heteroatoms. The molecular formula is C35H63N3O12. The number of hydrogen-bond acceptors (Lipinski definition) is 12. The van der Waals surface area contributed by atoms with E-state index in [1.807, 2.05) is 0 Å². The number of ketones is 2. The number of nitrogens with one attached hydrogen (secondary N) is 1. The van der Waals surface area contributed by atoms with Crippen LogP contribution in [0, 0.1) is 0 Å². The van der Waals surface area contributed by atoms with Gasteiger partial charge in [-0.15, -0.1) is 0 Å². The van der Waals surface area contributed by atoms with Gasteiger partial charge in [0.05, 0.1) is 39.6 Å². The molecule has 0 spiro atoms. The minimum atomic E-state index is -2.53. The van der Waals surface area contributed by atoms with Crippen molar-refractivity contribution in [3.8, 4) is 0 Å². The summed E-state index contributed by atoms with van der Waals surface area (Å²) in [6, 6.07) is -1.40. The van der Waals surface area contributed by atoms with Crippen molar-refractivity contribution in [3.63, 3.8) is 0 Å². The Labute approximate surface area is 296 Å². The summed E-state index contributed by atoms with van der Waals surface area (Å²) in [6.45, 7) is 0.238. The van der Waals surface area contributed by atoms with Crippen molar-refractivity contribution < 1.29 is 57.9 Å². The van der Waals surface area contributed by atoms with E-state index >= 15 is 0 Å². The maximum Gasteiger partial charge on any atom is 0.326 e. The number of carbonyl (C=O) groups excluding carboxylic acids is 4. The highest BCUT2D eigenvalue weighted by molar-refractivity contribution is 6.23. The van der Waals surface area contributed by atoms with Gasteiger partial charge in [-0.3, -0.25) is 24.0 Å². The molecule has 0 rings (SSSR count). The summed E-state index contributed by atoms with van der Waals surface area (Å²) in [4.78, 5) is 73.3. The van der Waals surface area contributed by atoms with Gasteiger partial charge in [0.1, 0.15) is 12.6 Å². The molecule has 0 aromatic heterocycles. The van der Waals surface area contributed by atoms with Gasteiger partial charge < -0.3 is 45.9 Å². The molecule has 0 aliphatic rings. The van der Waals surface area contributed by atoms with Gasteiger partial charge in [0, 0.05) is 32.4 Å². The largest absolute Gasteiger partial charge is 0.481 e. The lowest BCUT2D eigenvalue weighted by Crippen LogP contribution is -2.53. The summed E-state index contributed by atoms with van der Waals surface area (Å²) >= 11 is 0.